The lowest BCUT2D eigenvalue weighted by Gasteiger charge is -2.58. The summed E-state index contributed by atoms with van der Waals surface area (Å²) in [5.41, 5.74) is 2.27. The van der Waals surface area contributed by atoms with Crippen LogP contribution >= 0.6 is 0 Å². The molecule has 0 radical (unpaired) electrons. The van der Waals surface area contributed by atoms with Crippen molar-refractivity contribution in [1.82, 2.24) is 9.80 Å². The number of hydrogen-bond acceptors (Lipinski definition) is 3. The average Bonchev–Trinajstić information content (AvgIpc) is 3.19. The third-order valence-corrected chi connectivity index (χ3v) is 12.0. The van der Waals surface area contributed by atoms with Gasteiger partial charge >= 0.3 is 0 Å². The van der Waals surface area contributed by atoms with Crippen LogP contribution in [0.25, 0.3) is 0 Å². The van der Waals surface area contributed by atoms with Crippen molar-refractivity contribution in [3.63, 3.8) is 0 Å². The van der Waals surface area contributed by atoms with Gasteiger partial charge in [-0.15, -0.1) is 0 Å². The van der Waals surface area contributed by atoms with Gasteiger partial charge in [-0.05, 0) is 105 Å². The smallest absolute Gasteiger partial charge is 0.222 e. The number of carbonyl (C=O) groups is 2. The number of rotatable bonds is 4. The van der Waals surface area contributed by atoms with Crippen LogP contribution in [0.2, 0.25) is 0 Å². The Morgan fingerprint density at radius 1 is 1.11 bits per heavy atom. The summed E-state index contributed by atoms with van der Waals surface area (Å²) in [7, 11) is 0. The van der Waals surface area contributed by atoms with Crippen LogP contribution < -0.4 is 0 Å². The summed E-state index contributed by atoms with van der Waals surface area (Å²) in [5.74, 6) is 4.07. The molecule has 2 amide bonds. The van der Waals surface area contributed by atoms with Gasteiger partial charge in [0.1, 0.15) is 0 Å². The lowest BCUT2D eigenvalue weighted by molar-refractivity contribution is -0.141. The molecule has 0 aromatic rings. The first-order valence-corrected chi connectivity index (χ1v) is 15.0. The molecular weight excluding hydrogens is 448 g/mol. The SMILES string of the molecule is CC(=O)N1CCN(C(=O)CC[C@@H](C)[C@H]2CC[C@H]3[C@@H]4CC=C5C[C@@H](O)CC[C@]5(C)[C@H]4CC[C@]23C)C[C@@H]1C. The molecule has 1 heterocycles. The van der Waals surface area contributed by atoms with E-state index in [-0.39, 0.29) is 24.0 Å². The maximum Gasteiger partial charge on any atom is 0.222 e. The highest BCUT2D eigenvalue weighted by molar-refractivity contribution is 5.77. The van der Waals surface area contributed by atoms with E-state index in [4.69, 9.17) is 0 Å². The highest BCUT2D eigenvalue weighted by Gasteiger charge is 2.59. The molecule has 5 rings (SSSR count). The van der Waals surface area contributed by atoms with Crippen LogP contribution in [0.4, 0.5) is 0 Å². The molecule has 5 nitrogen and oxygen atoms in total. The number of allylic oxidation sites excluding steroid dienone is 1. The van der Waals surface area contributed by atoms with Gasteiger partial charge in [-0.25, -0.2) is 0 Å². The molecule has 9 atom stereocenters. The van der Waals surface area contributed by atoms with Crippen LogP contribution in [0, 0.1) is 40.4 Å². The minimum atomic E-state index is -0.129. The summed E-state index contributed by atoms with van der Waals surface area (Å²) in [6.07, 6.45) is 13.6. The first-order chi connectivity index (χ1) is 17.0. The van der Waals surface area contributed by atoms with Crippen molar-refractivity contribution in [2.45, 2.75) is 111 Å². The van der Waals surface area contributed by atoms with Crippen LogP contribution in [0.1, 0.15) is 98.8 Å². The van der Waals surface area contributed by atoms with E-state index in [1.165, 1.54) is 32.1 Å². The van der Waals surface area contributed by atoms with E-state index in [1.54, 1.807) is 12.5 Å². The molecule has 0 spiro atoms. The molecule has 5 aliphatic rings. The number of amides is 2. The van der Waals surface area contributed by atoms with E-state index >= 15 is 0 Å². The van der Waals surface area contributed by atoms with Crippen LogP contribution in [0.15, 0.2) is 11.6 Å². The van der Waals surface area contributed by atoms with Crippen molar-refractivity contribution in [2.75, 3.05) is 19.6 Å². The Kier molecular flexibility index (Phi) is 7.11. The van der Waals surface area contributed by atoms with Gasteiger partial charge in [0.25, 0.3) is 0 Å². The van der Waals surface area contributed by atoms with E-state index in [0.29, 0.717) is 42.8 Å². The van der Waals surface area contributed by atoms with Gasteiger partial charge < -0.3 is 14.9 Å². The van der Waals surface area contributed by atoms with Crippen molar-refractivity contribution >= 4 is 11.8 Å². The second kappa shape index (κ2) is 9.75. The highest BCUT2D eigenvalue weighted by atomic mass is 16.3. The zero-order valence-corrected chi connectivity index (χ0v) is 23.5. The molecular formula is C31H50N2O3. The minimum Gasteiger partial charge on any atom is -0.393 e. The van der Waals surface area contributed by atoms with Gasteiger partial charge in [-0.1, -0.05) is 32.4 Å². The Morgan fingerprint density at radius 2 is 1.89 bits per heavy atom. The number of hydrogen-bond donors (Lipinski definition) is 1. The molecule has 0 aromatic carbocycles. The topological polar surface area (TPSA) is 60.9 Å². The van der Waals surface area contributed by atoms with E-state index in [2.05, 4.69) is 33.8 Å². The molecule has 1 N–H and O–H groups in total. The second-order valence-corrected chi connectivity index (χ2v) is 13.8. The Balaban J connectivity index is 1.20. The lowest BCUT2D eigenvalue weighted by Crippen LogP contribution is -2.55. The molecule has 1 saturated heterocycles. The zero-order valence-electron chi connectivity index (χ0n) is 23.5. The predicted molar refractivity (Wildman–Crippen MR) is 143 cm³/mol. The first-order valence-electron chi connectivity index (χ1n) is 15.0. The van der Waals surface area contributed by atoms with Gasteiger partial charge in [0, 0.05) is 39.0 Å². The van der Waals surface area contributed by atoms with Gasteiger partial charge in [0.05, 0.1) is 6.10 Å². The highest BCUT2D eigenvalue weighted by Crippen LogP contribution is 2.67. The summed E-state index contributed by atoms with van der Waals surface area (Å²) in [4.78, 5) is 28.8. The molecule has 0 unspecified atom stereocenters. The Bertz CT molecular complexity index is 900. The molecule has 1 aliphatic heterocycles. The van der Waals surface area contributed by atoms with E-state index in [0.717, 1.165) is 49.4 Å². The number of aliphatic hydroxyl groups is 1. The Hall–Kier alpha value is -1.36. The molecule has 4 fully saturated rings. The largest absolute Gasteiger partial charge is 0.393 e. The Labute approximate surface area is 219 Å². The number of aliphatic hydroxyl groups excluding tert-OH is 1. The van der Waals surface area contributed by atoms with Gasteiger partial charge in [-0.3, -0.25) is 9.59 Å². The monoisotopic (exact) mass is 498 g/mol. The summed E-state index contributed by atoms with van der Waals surface area (Å²) in [5, 5.41) is 10.3. The van der Waals surface area contributed by atoms with Crippen LogP contribution in [-0.2, 0) is 9.59 Å². The third-order valence-electron chi connectivity index (χ3n) is 12.0. The van der Waals surface area contributed by atoms with Gasteiger partial charge in [0.15, 0.2) is 0 Å². The molecule has 3 saturated carbocycles. The third kappa shape index (κ3) is 4.35. The lowest BCUT2D eigenvalue weighted by atomic mass is 9.47. The van der Waals surface area contributed by atoms with Crippen molar-refractivity contribution < 1.29 is 14.7 Å². The van der Waals surface area contributed by atoms with E-state index in [9.17, 15) is 14.7 Å². The summed E-state index contributed by atoms with van der Waals surface area (Å²) >= 11 is 0. The van der Waals surface area contributed by atoms with Crippen molar-refractivity contribution in [3.05, 3.63) is 11.6 Å². The van der Waals surface area contributed by atoms with Crippen molar-refractivity contribution in [1.29, 1.82) is 0 Å². The Morgan fingerprint density at radius 3 is 2.61 bits per heavy atom. The summed E-state index contributed by atoms with van der Waals surface area (Å²) in [6, 6.07) is 0.113. The molecule has 5 heteroatoms. The quantitative estimate of drug-likeness (QED) is 0.527. The number of fused-ring (bicyclic) bond motifs is 5. The van der Waals surface area contributed by atoms with Gasteiger partial charge in [0.2, 0.25) is 11.8 Å². The van der Waals surface area contributed by atoms with Crippen molar-refractivity contribution in [2.24, 2.45) is 40.4 Å². The zero-order chi connectivity index (χ0) is 25.8. The van der Waals surface area contributed by atoms with E-state index in [1.807, 2.05) is 9.80 Å². The fourth-order valence-corrected chi connectivity index (χ4v) is 9.98. The maximum absolute atomic E-state index is 13.1. The maximum atomic E-state index is 13.1. The second-order valence-electron chi connectivity index (χ2n) is 13.8. The van der Waals surface area contributed by atoms with Crippen LogP contribution in [0.3, 0.4) is 0 Å². The van der Waals surface area contributed by atoms with Crippen LogP contribution in [0.5, 0.6) is 0 Å². The average molecular weight is 499 g/mol. The molecule has 0 bridgehead atoms. The molecule has 36 heavy (non-hydrogen) atoms. The van der Waals surface area contributed by atoms with Gasteiger partial charge in [-0.2, -0.15) is 0 Å². The minimum absolute atomic E-state index is 0.113. The van der Waals surface area contributed by atoms with Crippen molar-refractivity contribution in [3.8, 4) is 0 Å². The summed E-state index contributed by atoms with van der Waals surface area (Å²) < 4.78 is 0. The molecule has 202 valence electrons. The number of piperazine rings is 1. The normalized spacial score (nSPS) is 43.2. The fourth-order valence-electron chi connectivity index (χ4n) is 9.98. The number of carbonyl (C=O) groups excluding carboxylic acids is 2. The number of nitrogens with zero attached hydrogens (tertiary/aromatic N) is 2. The first kappa shape index (κ1) is 26.3. The summed E-state index contributed by atoms with van der Waals surface area (Å²) in [6.45, 7) is 13.2. The predicted octanol–water partition coefficient (Wildman–Crippen LogP) is 5.42. The van der Waals surface area contributed by atoms with E-state index < -0.39 is 0 Å². The fraction of sp³-hybridized carbons (Fsp3) is 0.871. The standard InChI is InChI=1S/C31H50N2O3/c1-20(6-11-29(36)32-16-17-33(22(3)34)21(2)19-32)26-9-10-27-25-8-7-23-18-24(35)12-14-30(23,4)28(25)13-15-31(26,27)5/h7,20-21,24-28,35H,6,8-19H2,1-5H3/t20-,21+,24+,25+,26-,27+,28+,30+,31-/m1/s1. The van der Waals surface area contributed by atoms with Crippen LogP contribution in [-0.4, -0.2) is 58.5 Å². The molecule has 4 aliphatic carbocycles. The molecule has 0 aromatic heterocycles.